The molecule has 1 fully saturated rings. The Bertz CT molecular complexity index is 3000. The molecule has 1 aliphatic heterocycles. The lowest BCUT2D eigenvalue weighted by Gasteiger charge is -2.31. The largest absolute Gasteiger partial charge is 0.466 e. The molecular formula is C62H92O11P2Si2. The summed E-state index contributed by atoms with van der Waals surface area (Å²) >= 11 is 0. The molecular weight excluding hydrogens is 1040 g/mol. The zero-order valence-electron chi connectivity index (χ0n) is 51.5. The third-order valence-corrected chi connectivity index (χ3v) is 20.4. The average Bonchev–Trinajstić information content (AvgIpc) is 3.48. The summed E-state index contributed by atoms with van der Waals surface area (Å²) in [5, 5.41) is 15.9. The van der Waals surface area contributed by atoms with Crippen LogP contribution in [0.1, 0.15) is 174 Å². The van der Waals surface area contributed by atoms with Crippen LogP contribution in [0.4, 0.5) is 0 Å². The van der Waals surface area contributed by atoms with E-state index in [1.165, 1.54) is 11.1 Å². The molecule has 5 aromatic rings. The Kier molecular flexibility index (Phi) is 17.0. The quantitative estimate of drug-likeness (QED) is 0.0420. The summed E-state index contributed by atoms with van der Waals surface area (Å²) in [6.07, 6.45) is -0.444. The van der Waals surface area contributed by atoms with E-state index in [4.69, 9.17) is 36.0 Å². The second kappa shape index (κ2) is 21.1. The summed E-state index contributed by atoms with van der Waals surface area (Å²) in [7, 11) is -9.03. The molecule has 4 aromatic carbocycles. The van der Waals surface area contributed by atoms with E-state index in [0.717, 1.165) is 32.3 Å². The van der Waals surface area contributed by atoms with Gasteiger partial charge in [-0.05, 0) is 113 Å². The zero-order valence-corrected chi connectivity index (χ0v) is 55.3. The summed E-state index contributed by atoms with van der Waals surface area (Å²) in [6.45, 7) is 54.9. The molecule has 2 unspecified atom stereocenters. The van der Waals surface area contributed by atoms with Gasteiger partial charge in [0, 0.05) is 38.4 Å². The van der Waals surface area contributed by atoms with Crippen molar-refractivity contribution in [3.05, 3.63) is 70.8 Å². The molecule has 0 bridgehead atoms. The van der Waals surface area contributed by atoms with E-state index in [1.54, 1.807) is 12.1 Å². The minimum Gasteiger partial charge on any atom is -0.465 e. The first-order valence-electron chi connectivity index (χ1n) is 27.4. The van der Waals surface area contributed by atoms with Crippen molar-refractivity contribution in [3.8, 4) is 34.1 Å². The third-order valence-electron chi connectivity index (χ3n) is 14.2. The summed E-state index contributed by atoms with van der Waals surface area (Å²) in [5.41, 5.74) is 1.76. The van der Waals surface area contributed by atoms with Crippen LogP contribution in [0.25, 0.3) is 33.1 Å². The Labute approximate surface area is 465 Å². The first kappa shape index (κ1) is 62.1. The topological polar surface area (TPSA) is 136 Å². The molecule has 0 amide bonds. The summed E-state index contributed by atoms with van der Waals surface area (Å²) in [5.74, 6) is 0.407. The predicted octanol–water partition coefficient (Wildman–Crippen LogP) is 17.5. The number of carbonyl (C=O) groups excluding carboxylic acids is 2. The number of aliphatic hydroxyl groups is 1. The molecule has 0 aliphatic carbocycles. The van der Waals surface area contributed by atoms with Crippen molar-refractivity contribution in [2.45, 2.75) is 224 Å². The smallest absolute Gasteiger partial charge is 0.465 e. The number of ether oxygens (including phenoxy) is 2. The summed E-state index contributed by atoms with van der Waals surface area (Å²) in [4.78, 5) is 27.7. The van der Waals surface area contributed by atoms with Gasteiger partial charge >= 0.3 is 28.8 Å². The minimum absolute atomic E-state index is 0.180. The zero-order chi connectivity index (χ0) is 58.4. The number of hydrogen-bond acceptors (Lipinski definition) is 11. The number of esters is 1. The molecule has 0 saturated carbocycles. The van der Waals surface area contributed by atoms with Crippen LogP contribution >= 0.6 is 16.8 Å². The van der Waals surface area contributed by atoms with E-state index in [2.05, 4.69) is 126 Å². The third kappa shape index (κ3) is 13.6. The van der Waals surface area contributed by atoms with Gasteiger partial charge in [-0.2, -0.15) is 0 Å². The van der Waals surface area contributed by atoms with Crippen LogP contribution in [-0.2, 0) is 40.3 Å². The Morgan fingerprint density at radius 2 is 1.01 bits per heavy atom. The van der Waals surface area contributed by atoms with E-state index in [1.807, 2.05) is 88.3 Å². The SMILES string of the molecule is CCC1(CC)OP(Oc2c(-c3cc(OC(=O)C(C)(C)C)cc(C(C)(C)C)c3Op3oc4c([Si](C)(C)C)cc(C(C)(C)C)cc4c4cc(C(C)(C)C)cc([Si](C)(C)C)c4o3)cc(OC(O)C(C)(C)C)cc2C(C)(C)C)OC1=O. The lowest BCUT2D eigenvalue weighted by molar-refractivity contribution is -0.144. The van der Waals surface area contributed by atoms with Crippen molar-refractivity contribution in [1.82, 2.24) is 0 Å². The second-order valence-electron chi connectivity index (χ2n) is 29.5. The highest BCUT2D eigenvalue weighted by Crippen LogP contribution is 2.59. The van der Waals surface area contributed by atoms with E-state index in [-0.39, 0.29) is 16.6 Å². The standard InChI is InChI=1S/C62H92O11P2Si2/c1-27-62(28-2)55(65)72-75(73-62)69-50-44(34-40(36-46(50)59(12,13)14)67-54(64)61(18,19)20)43-33-39(66-53(63)60(15,16)17)35-45(58(9,10)11)49(43)68-74-70-51-41(29-37(56(3,4)5)31-47(51)76(21,22)23)42-30-38(57(6,7)8)32-48(52(42)71-74)77(24,25)26/h29-36,54,64H,27-28H2,1-26H3. The maximum atomic E-state index is 14.0. The van der Waals surface area contributed by atoms with Crippen LogP contribution in [0, 0.1) is 10.8 Å². The van der Waals surface area contributed by atoms with Gasteiger partial charge in [0.25, 0.3) is 0 Å². The van der Waals surface area contributed by atoms with E-state index < -0.39 is 78.5 Å². The van der Waals surface area contributed by atoms with E-state index >= 15 is 0 Å². The van der Waals surface area contributed by atoms with Crippen molar-refractivity contribution in [1.29, 1.82) is 0 Å². The lowest BCUT2D eigenvalue weighted by Crippen LogP contribution is -2.39. The van der Waals surface area contributed by atoms with Crippen molar-refractivity contribution in [3.63, 3.8) is 0 Å². The lowest BCUT2D eigenvalue weighted by atomic mass is 9.81. The molecule has 15 heteroatoms. The molecule has 0 spiro atoms. The van der Waals surface area contributed by atoms with Crippen LogP contribution < -0.4 is 28.9 Å². The number of aliphatic hydroxyl groups excluding tert-OH is 1. The molecule has 2 atom stereocenters. The number of hydrogen-bond donors (Lipinski definition) is 1. The Balaban J connectivity index is 1.88. The monoisotopic (exact) mass is 1130 g/mol. The molecule has 1 N–H and O–H groups in total. The van der Waals surface area contributed by atoms with Gasteiger partial charge in [0.2, 0.25) is 6.29 Å². The molecule has 2 heterocycles. The van der Waals surface area contributed by atoms with E-state index in [9.17, 15) is 14.7 Å². The summed E-state index contributed by atoms with van der Waals surface area (Å²) in [6, 6.07) is 16.6. The number of fused-ring (bicyclic) bond motifs is 3. The minimum atomic E-state index is -2.34. The Morgan fingerprint density at radius 1 is 0.597 bits per heavy atom. The fourth-order valence-electron chi connectivity index (χ4n) is 8.85. The highest BCUT2D eigenvalue weighted by atomic mass is 31.2. The van der Waals surface area contributed by atoms with Crippen molar-refractivity contribution < 1.29 is 50.7 Å². The van der Waals surface area contributed by atoms with Crippen LogP contribution in [0.15, 0.2) is 56.9 Å². The van der Waals surface area contributed by atoms with Crippen LogP contribution in [-0.4, -0.2) is 45.1 Å². The van der Waals surface area contributed by atoms with Gasteiger partial charge in [0.05, 0.1) is 21.6 Å². The molecule has 1 saturated heterocycles. The van der Waals surface area contributed by atoms with Gasteiger partial charge in [-0.25, -0.2) is 4.79 Å². The molecule has 424 valence electrons. The molecule has 1 aromatic heterocycles. The highest BCUT2D eigenvalue weighted by molar-refractivity contribution is 7.43. The normalized spacial score (nSPS) is 16.4. The highest BCUT2D eigenvalue weighted by Gasteiger charge is 2.51. The molecule has 6 rings (SSSR count). The van der Waals surface area contributed by atoms with E-state index in [0.29, 0.717) is 52.3 Å². The predicted molar refractivity (Wildman–Crippen MR) is 324 cm³/mol. The number of carbonyl (C=O) groups is 2. The van der Waals surface area contributed by atoms with Gasteiger partial charge in [-0.3, -0.25) is 9.32 Å². The maximum absolute atomic E-state index is 14.0. The molecule has 1 aliphatic rings. The average molecular weight is 1130 g/mol. The van der Waals surface area contributed by atoms with Crippen LogP contribution in [0.2, 0.25) is 39.3 Å². The van der Waals surface area contributed by atoms with Crippen LogP contribution in [0.5, 0.6) is 23.0 Å². The van der Waals surface area contributed by atoms with Gasteiger partial charge < -0.3 is 36.5 Å². The second-order valence-corrected chi connectivity index (χ2v) is 41.5. The first-order valence-corrected chi connectivity index (χ1v) is 36.6. The van der Waals surface area contributed by atoms with Crippen molar-refractivity contribution >= 4 is 77.2 Å². The number of benzene rings is 4. The van der Waals surface area contributed by atoms with Gasteiger partial charge in [-0.1, -0.05) is 169 Å². The summed E-state index contributed by atoms with van der Waals surface area (Å²) < 4.78 is 54.9. The first-order chi connectivity index (χ1) is 34.8. The molecule has 11 nitrogen and oxygen atoms in total. The van der Waals surface area contributed by atoms with Gasteiger partial charge in [0.1, 0.15) is 34.2 Å². The number of rotatable bonds is 12. The molecule has 0 radical (unpaired) electrons. The molecule has 77 heavy (non-hydrogen) atoms. The van der Waals surface area contributed by atoms with Crippen LogP contribution in [0.3, 0.4) is 0 Å². The van der Waals surface area contributed by atoms with Crippen molar-refractivity contribution in [2.75, 3.05) is 0 Å². The fourth-order valence-corrected chi connectivity index (χ4v) is 14.5. The van der Waals surface area contributed by atoms with Crippen molar-refractivity contribution in [2.24, 2.45) is 10.8 Å². The Hall–Kier alpha value is -4.10. The van der Waals surface area contributed by atoms with Gasteiger partial charge in [0.15, 0.2) is 5.60 Å². The van der Waals surface area contributed by atoms with Gasteiger partial charge in [-0.15, -0.1) is 0 Å². The Morgan fingerprint density at radius 3 is 1.38 bits per heavy atom. The fraction of sp³-hybridized carbons (Fsp3) is 0.581. The maximum Gasteiger partial charge on any atom is 0.466 e.